The topological polar surface area (TPSA) is 92.2 Å². The van der Waals surface area contributed by atoms with Crippen molar-refractivity contribution in [2.75, 3.05) is 0 Å². The zero-order chi connectivity index (χ0) is 15.0. The van der Waals surface area contributed by atoms with Crippen LogP contribution in [0.1, 0.15) is 23.7 Å². The molecule has 2 N–H and O–H groups in total. The number of halogens is 1. The number of fused-ring (bicyclic) bond motifs is 1. The van der Waals surface area contributed by atoms with Crippen molar-refractivity contribution >= 4 is 34.4 Å². The Kier molecular flexibility index (Phi) is 3.67. The van der Waals surface area contributed by atoms with E-state index in [-0.39, 0.29) is 22.9 Å². The highest BCUT2D eigenvalue weighted by molar-refractivity contribution is 6.35. The van der Waals surface area contributed by atoms with E-state index < -0.39 is 11.9 Å². The normalized spacial score (nSPS) is 12.6. The number of carbonyl (C=O) groups is 2. The number of hydrogen-bond acceptors (Lipinski definition) is 3. The summed E-state index contributed by atoms with van der Waals surface area (Å²) in [6, 6.07) is 2.99. The highest BCUT2D eigenvalue weighted by Crippen LogP contribution is 2.24. The van der Waals surface area contributed by atoms with Crippen LogP contribution in [0.5, 0.6) is 0 Å². The maximum atomic E-state index is 12.2. The molecule has 0 fully saturated rings. The van der Waals surface area contributed by atoms with Crippen LogP contribution in [0.3, 0.4) is 0 Å². The molecule has 1 heterocycles. The third-order valence-corrected chi connectivity index (χ3v) is 3.48. The SMILES string of the molecule is CC(CC(=O)O)C(=O)c1cc(Cl)c2[nH]c(=O)n(C)c2c1. The van der Waals surface area contributed by atoms with Crippen molar-refractivity contribution in [3.8, 4) is 0 Å². The number of Topliss-reactive ketones (excluding diaryl/α,β-unsaturated/α-hetero) is 1. The molecule has 0 aliphatic carbocycles. The van der Waals surface area contributed by atoms with Gasteiger partial charge in [-0.25, -0.2) is 4.79 Å². The number of carboxylic acid groups (broad SMARTS) is 1. The largest absolute Gasteiger partial charge is 0.481 e. The first-order valence-corrected chi connectivity index (χ1v) is 6.33. The Bertz CT molecular complexity index is 760. The van der Waals surface area contributed by atoms with E-state index in [1.807, 2.05) is 0 Å². The van der Waals surface area contributed by atoms with Crippen molar-refractivity contribution in [1.82, 2.24) is 9.55 Å². The lowest BCUT2D eigenvalue weighted by Gasteiger charge is -2.08. The lowest BCUT2D eigenvalue weighted by Crippen LogP contribution is -2.15. The number of hydrogen-bond donors (Lipinski definition) is 2. The first-order chi connectivity index (χ1) is 9.31. The maximum absolute atomic E-state index is 12.2. The Balaban J connectivity index is 2.50. The van der Waals surface area contributed by atoms with E-state index in [4.69, 9.17) is 16.7 Å². The van der Waals surface area contributed by atoms with Crippen LogP contribution in [0.15, 0.2) is 16.9 Å². The molecule has 0 bridgehead atoms. The summed E-state index contributed by atoms with van der Waals surface area (Å²) < 4.78 is 1.35. The first-order valence-electron chi connectivity index (χ1n) is 5.95. The molecule has 1 unspecified atom stereocenters. The maximum Gasteiger partial charge on any atom is 0.326 e. The van der Waals surface area contributed by atoms with Crippen molar-refractivity contribution in [2.45, 2.75) is 13.3 Å². The monoisotopic (exact) mass is 296 g/mol. The van der Waals surface area contributed by atoms with Gasteiger partial charge in [-0.05, 0) is 12.1 Å². The molecule has 0 saturated heterocycles. The van der Waals surface area contributed by atoms with E-state index in [9.17, 15) is 14.4 Å². The number of benzene rings is 1. The number of nitrogens with zero attached hydrogens (tertiary/aromatic N) is 1. The molecular formula is C13H13ClN2O4. The standard InChI is InChI=1S/C13H13ClN2O4/c1-6(3-10(17)18)12(19)7-4-8(14)11-9(5-7)16(2)13(20)15-11/h4-6H,3H2,1-2H3,(H,15,20)(H,17,18). The minimum atomic E-state index is -1.04. The highest BCUT2D eigenvalue weighted by Gasteiger charge is 2.20. The molecule has 0 saturated carbocycles. The number of aromatic nitrogens is 2. The Morgan fingerprint density at radius 1 is 1.45 bits per heavy atom. The second kappa shape index (κ2) is 5.13. The van der Waals surface area contributed by atoms with Gasteiger partial charge >= 0.3 is 11.7 Å². The number of aliphatic carboxylic acids is 1. The second-order valence-corrected chi connectivity index (χ2v) is 5.11. The van der Waals surface area contributed by atoms with E-state index in [1.54, 1.807) is 20.0 Å². The van der Waals surface area contributed by atoms with Crippen molar-refractivity contribution in [2.24, 2.45) is 13.0 Å². The molecule has 1 atom stereocenters. The number of carboxylic acids is 1. The molecule has 0 aliphatic rings. The lowest BCUT2D eigenvalue weighted by atomic mass is 9.96. The van der Waals surface area contributed by atoms with Gasteiger partial charge in [0.1, 0.15) is 0 Å². The van der Waals surface area contributed by atoms with Gasteiger partial charge in [0.15, 0.2) is 5.78 Å². The summed E-state index contributed by atoms with van der Waals surface area (Å²) in [5, 5.41) is 8.98. The molecule has 1 aromatic carbocycles. The molecule has 1 aromatic heterocycles. The Hall–Kier alpha value is -2.08. The van der Waals surface area contributed by atoms with Gasteiger partial charge in [-0.3, -0.25) is 14.2 Å². The minimum Gasteiger partial charge on any atom is -0.481 e. The number of aromatic amines is 1. The number of H-pyrrole nitrogens is 1. The molecular weight excluding hydrogens is 284 g/mol. The molecule has 0 spiro atoms. The van der Waals surface area contributed by atoms with Crippen LogP contribution in [0.25, 0.3) is 11.0 Å². The summed E-state index contributed by atoms with van der Waals surface area (Å²) in [6.07, 6.45) is -0.249. The highest BCUT2D eigenvalue weighted by atomic mass is 35.5. The van der Waals surface area contributed by atoms with E-state index in [2.05, 4.69) is 4.98 Å². The van der Waals surface area contributed by atoms with Gasteiger partial charge < -0.3 is 10.1 Å². The fraction of sp³-hybridized carbons (Fsp3) is 0.308. The average Bonchev–Trinajstić information content (AvgIpc) is 2.65. The van der Waals surface area contributed by atoms with Gasteiger partial charge in [-0.15, -0.1) is 0 Å². The van der Waals surface area contributed by atoms with Crippen LogP contribution < -0.4 is 5.69 Å². The van der Waals surface area contributed by atoms with Crippen LogP contribution in [0, 0.1) is 5.92 Å². The molecule has 0 radical (unpaired) electrons. The number of imidazole rings is 1. The van der Waals surface area contributed by atoms with Gasteiger partial charge in [0, 0.05) is 18.5 Å². The number of carbonyl (C=O) groups excluding carboxylic acids is 1. The van der Waals surface area contributed by atoms with Crippen LogP contribution in [0.4, 0.5) is 0 Å². The minimum absolute atomic E-state index is 0.249. The number of aryl methyl sites for hydroxylation is 1. The number of nitrogens with one attached hydrogen (secondary N) is 1. The van der Waals surface area contributed by atoms with Crippen molar-refractivity contribution in [3.63, 3.8) is 0 Å². The Morgan fingerprint density at radius 3 is 2.70 bits per heavy atom. The Labute approximate surface area is 119 Å². The van der Waals surface area contributed by atoms with Crippen molar-refractivity contribution in [1.29, 1.82) is 0 Å². The van der Waals surface area contributed by atoms with E-state index >= 15 is 0 Å². The third-order valence-electron chi connectivity index (χ3n) is 3.18. The molecule has 20 heavy (non-hydrogen) atoms. The van der Waals surface area contributed by atoms with Crippen LogP contribution in [-0.2, 0) is 11.8 Å². The third kappa shape index (κ3) is 2.46. The summed E-state index contributed by atoms with van der Waals surface area (Å²) in [6.45, 7) is 1.55. The average molecular weight is 297 g/mol. The predicted molar refractivity (Wildman–Crippen MR) is 74.3 cm³/mol. The van der Waals surface area contributed by atoms with Crippen molar-refractivity contribution in [3.05, 3.63) is 33.2 Å². The first kappa shape index (κ1) is 14.3. The zero-order valence-corrected chi connectivity index (χ0v) is 11.7. The molecule has 7 heteroatoms. The summed E-state index contributed by atoms with van der Waals surface area (Å²) in [4.78, 5) is 37.0. The molecule has 0 amide bonds. The quantitative estimate of drug-likeness (QED) is 0.842. The van der Waals surface area contributed by atoms with E-state index in [0.717, 1.165) is 0 Å². The van der Waals surface area contributed by atoms with Gasteiger partial charge in [0.05, 0.1) is 22.5 Å². The van der Waals surface area contributed by atoms with E-state index in [1.165, 1.54) is 10.6 Å². The molecule has 0 aliphatic heterocycles. The number of rotatable bonds is 4. The summed E-state index contributed by atoms with van der Waals surface area (Å²) in [5.41, 5.74) is 0.936. The predicted octanol–water partition coefficient (Wildman–Crippen LogP) is 1.81. The van der Waals surface area contributed by atoms with Crippen LogP contribution in [-0.4, -0.2) is 26.4 Å². The van der Waals surface area contributed by atoms with Gasteiger partial charge in [0.2, 0.25) is 0 Å². The molecule has 106 valence electrons. The fourth-order valence-corrected chi connectivity index (χ4v) is 2.32. The van der Waals surface area contributed by atoms with Gasteiger partial charge in [-0.1, -0.05) is 18.5 Å². The second-order valence-electron chi connectivity index (χ2n) is 4.70. The van der Waals surface area contributed by atoms with Crippen LogP contribution >= 0.6 is 11.6 Å². The van der Waals surface area contributed by atoms with Crippen LogP contribution in [0.2, 0.25) is 5.02 Å². The van der Waals surface area contributed by atoms with Gasteiger partial charge in [-0.2, -0.15) is 0 Å². The molecule has 2 rings (SSSR count). The smallest absolute Gasteiger partial charge is 0.326 e. The fourth-order valence-electron chi connectivity index (χ4n) is 2.06. The lowest BCUT2D eigenvalue weighted by molar-refractivity contribution is -0.137. The van der Waals surface area contributed by atoms with E-state index in [0.29, 0.717) is 16.6 Å². The summed E-state index contributed by atoms with van der Waals surface area (Å²) in [5.74, 6) is -2.01. The number of ketones is 1. The zero-order valence-electron chi connectivity index (χ0n) is 10.9. The summed E-state index contributed by atoms with van der Waals surface area (Å²) in [7, 11) is 1.56. The van der Waals surface area contributed by atoms with Gasteiger partial charge in [0.25, 0.3) is 0 Å². The summed E-state index contributed by atoms with van der Waals surface area (Å²) >= 11 is 6.05. The van der Waals surface area contributed by atoms with Crippen molar-refractivity contribution < 1.29 is 14.7 Å². The molecule has 2 aromatic rings. The Morgan fingerprint density at radius 2 is 2.10 bits per heavy atom. The molecule has 6 nitrogen and oxygen atoms in total.